The van der Waals surface area contributed by atoms with Crippen LogP contribution in [0.3, 0.4) is 0 Å². The molecule has 2 N–H and O–H groups in total. The molecule has 0 fully saturated rings. The fraction of sp³-hybridized carbons (Fsp3) is 0.130. The minimum absolute atomic E-state index is 0.195. The van der Waals surface area contributed by atoms with Gasteiger partial charge in [0.2, 0.25) is 5.78 Å². The molecule has 0 aliphatic carbocycles. The van der Waals surface area contributed by atoms with Gasteiger partial charge in [-0.25, -0.2) is 0 Å². The lowest BCUT2D eigenvalue weighted by Gasteiger charge is -2.22. The monoisotopic (exact) mass is 358 g/mol. The Morgan fingerprint density at radius 1 is 0.778 bits per heavy atom. The molecule has 3 aromatic rings. The molecule has 136 valence electrons. The van der Waals surface area contributed by atoms with Crippen LogP contribution in [0.2, 0.25) is 0 Å². The van der Waals surface area contributed by atoms with Crippen molar-refractivity contribution < 1.29 is 9.59 Å². The number of rotatable bonds is 6. The normalized spacial score (nSPS) is 11.5. The molecule has 0 heterocycles. The highest BCUT2D eigenvalue weighted by molar-refractivity contribution is 6.05. The van der Waals surface area contributed by atoms with Gasteiger partial charge < -0.3 is 10.6 Å². The summed E-state index contributed by atoms with van der Waals surface area (Å²) >= 11 is 0. The Balaban J connectivity index is 1.88. The number of hydrogen-bond acceptors (Lipinski definition) is 3. The second-order valence-electron chi connectivity index (χ2n) is 6.47. The minimum atomic E-state index is -0.874. The van der Waals surface area contributed by atoms with E-state index in [1.807, 2.05) is 44.2 Å². The molecule has 0 aliphatic heterocycles. The molecule has 1 atom stereocenters. The van der Waals surface area contributed by atoms with Crippen molar-refractivity contribution in [2.24, 2.45) is 0 Å². The molecule has 3 aromatic carbocycles. The Hall–Kier alpha value is -3.40. The van der Waals surface area contributed by atoms with Crippen LogP contribution in [-0.4, -0.2) is 17.9 Å². The molecule has 3 rings (SSSR count). The minimum Gasteiger partial charge on any atom is -0.359 e. The van der Waals surface area contributed by atoms with Crippen molar-refractivity contribution in [2.45, 2.75) is 20.0 Å². The average Bonchev–Trinajstić information content (AvgIpc) is 2.70. The number of anilines is 1. The van der Waals surface area contributed by atoms with Crippen molar-refractivity contribution in [3.63, 3.8) is 0 Å². The third-order valence-corrected chi connectivity index (χ3v) is 4.31. The Bertz CT molecular complexity index is 937. The van der Waals surface area contributed by atoms with Crippen LogP contribution in [0, 0.1) is 13.8 Å². The van der Waals surface area contributed by atoms with Gasteiger partial charge in [-0.05, 0) is 37.6 Å². The zero-order valence-corrected chi connectivity index (χ0v) is 15.4. The van der Waals surface area contributed by atoms with Gasteiger partial charge in [0.15, 0.2) is 6.17 Å². The van der Waals surface area contributed by atoms with Crippen LogP contribution < -0.4 is 10.6 Å². The van der Waals surface area contributed by atoms with Crippen LogP contribution in [-0.2, 0) is 0 Å². The maximum absolute atomic E-state index is 13.0. The molecule has 1 unspecified atom stereocenters. The first-order valence-corrected chi connectivity index (χ1v) is 8.83. The zero-order chi connectivity index (χ0) is 19.2. The number of amides is 1. The van der Waals surface area contributed by atoms with Crippen molar-refractivity contribution in [3.8, 4) is 0 Å². The topological polar surface area (TPSA) is 58.2 Å². The quantitative estimate of drug-likeness (QED) is 0.509. The van der Waals surface area contributed by atoms with Gasteiger partial charge in [-0.1, -0.05) is 66.2 Å². The average molecular weight is 358 g/mol. The van der Waals surface area contributed by atoms with E-state index in [0.29, 0.717) is 11.1 Å². The summed E-state index contributed by atoms with van der Waals surface area (Å²) in [4.78, 5) is 25.6. The van der Waals surface area contributed by atoms with Crippen molar-refractivity contribution in [1.82, 2.24) is 5.32 Å². The molecule has 0 saturated heterocycles. The maximum atomic E-state index is 13.0. The van der Waals surface area contributed by atoms with Crippen molar-refractivity contribution in [2.75, 3.05) is 5.32 Å². The van der Waals surface area contributed by atoms with E-state index in [1.165, 1.54) is 0 Å². The van der Waals surface area contributed by atoms with Crippen LogP contribution in [0.1, 0.15) is 31.8 Å². The second kappa shape index (κ2) is 8.32. The molecule has 4 nitrogen and oxygen atoms in total. The second-order valence-corrected chi connectivity index (χ2v) is 6.47. The number of aryl methyl sites for hydroxylation is 2. The van der Waals surface area contributed by atoms with Crippen LogP contribution in [0.4, 0.5) is 5.69 Å². The van der Waals surface area contributed by atoms with E-state index in [0.717, 1.165) is 16.8 Å². The van der Waals surface area contributed by atoms with E-state index in [4.69, 9.17) is 0 Å². The van der Waals surface area contributed by atoms with Crippen LogP contribution in [0.25, 0.3) is 0 Å². The summed E-state index contributed by atoms with van der Waals surface area (Å²) in [6.45, 7) is 3.99. The van der Waals surface area contributed by atoms with E-state index in [9.17, 15) is 9.59 Å². The van der Waals surface area contributed by atoms with Gasteiger partial charge in [0, 0.05) is 16.8 Å². The first kappa shape index (κ1) is 18.4. The smallest absolute Gasteiger partial charge is 0.253 e. The molecule has 0 radical (unpaired) electrons. The zero-order valence-electron chi connectivity index (χ0n) is 15.4. The van der Waals surface area contributed by atoms with Gasteiger partial charge in [-0.2, -0.15) is 0 Å². The molecular weight excluding hydrogens is 336 g/mol. The molecule has 0 bridgehead atoms. The standard InChI is InChI=1S/C23H22N2O2/c1-16-13-14-20(17(2)15-16)24-22(21(26)18-9-5-3-6-10-18)25-23(27)19-11-7-4-8-12-19/h3-15,22,24H,1-2H3,(H,25,27). The SMILES string of the molecule is Cc1ccc(NC(NC(=O)c2ccccc2)C(=O)c2ccccc2)c(C)c1. The Labute approximate surface area is 159 Å². The van der Waals surface area contributed by atoms with Crippen molar-refractivity contribution in [1.29, 1.82) is 0 Å². The number of Topliss-reactive ketones (excluding diaryl/α,β-unsaturated/α-hetero) is 1. The highest BCUT2D eigenvalue weighted by atomic mass is 16.2. The van der Waals surface area contributed by atoms with Crippen molar-refractivity contribution >= 4 is 17.4 Å². The molecule has 4 heteroatoms. The van der Waals surface area contributed by atoms with Gasteiger partial charge in [-0.3, -0.25) is 9.59 Å². The fourth-order valence-electron chi connectivity index (χ4n) is 2.87. The summed E-state index contributed by atoms with van der Waals surface area (Å²) in [6.07, 6.45) is -0.874. The van der Waals surface area contributed by atoms with Gasteiger partial charge >= 0.3 is 0 Å². The summed E-state index contributed by atoms with van der Waals surface area (Å²) in [5.41, 5.74) is 3.99. The van der Waals surface area contributed by atoms with Crippen molar-refractivity contribution in [3.05, 3.63) is 101 Å². The molecular formula is C23H22N2O2. The van der Waals surface area contributed by atoms with Crippen LogP contribution in [0.15, 0.2) is 78.9 Å². The molecule has 0 aromatic heterocycles. The summed E-state index contributed by atoms with van der Waals surface area (Å²) in [5, 5.41) is 6.01. The van der Waals surface area contributed by atoms with E-state index < -0.39 is 6.17 Å². The predicted octanol–water partition coefficient (Wildman–Crippen LogP) is 4.35. The first-order valence-electron chi connectivity index (χ1n) is 8.83. The lowest BCUT2D eigenvalue weighted by molar-refractivity contribution is 0.0869. The highest BCUT2D eigenvalue weighted by Crippen LogP contribution is 2.18. The lowest BCUT2D eigenvalue weighted by atomic mass is 10.1. The Morgan fingerprint density at radius 2 is 1.37 bits per heavy atom. The fourth-order valence-corrected chi connectivity index (χ4v) is 2.87. The summed E-state index contributed by atoms with van der Waals surface area (Å²) in [5.74, 6) is -0.498. The van der Waals surface area contributed by atoms with Gasteiger partial charge in [0.05, 0.1) is 0 Å². The first-order chi connectivity index (χ1) is 13.0. The van der Waals surface area contributed by atoms with E-state index in [2.05, 4.69) is 10.6 Å². The van der Waals surface area contributed by atoms with Gasteiger partial charge in [0.1, 0.15) is 0 Å². The predicted molar refractivity (Wildman–Crippen MR) is 108 cm³/mol. The molecule has 27 heavy (non-hydrogen) atoms. The lowest BCUT2D eigenvalue weighted by Crippen LogP contribution is -2.46. The van der Waals surface area contributed by atoms with E-state index in [1.54, 1.807) is 48.5 Å². The molecule has 0 saturated carbocycles. The summed E-state index contributed by atoms with van der Waals surface area (Å²) in [7, 11) is 0. The maximum Gasteiger partial charge on any atom is 0.253 e. The molecule has 1 amide bonds. The highest BCUT2D eigenvalue weighted by Gasteiger charge is 2.23. The third-order valence-electron chi connectivity index (χ3n) is 4.31. The number of carbonyl (C=O) groups is 2. The Kier molecular flexibility index (Phi) is 5.67. The Morgan fingerprint density at radius 3 is 1.96 bits per heavy atom. The largest absolute Gasteiger partial charge is 0.359 e. The van der Waals surface area contributed by atoms with Crippen LogP contribution >= 0.6 is 0 Å². The molecule has 0 spiro atoms. The number of benzene rings is 3. The van der Waals surface area contributed by atoms with E-state index >= 15 is 0 Å². The third kappa shape index (κ3) is 4.61. The van der Waals surface area contributed by atoms with E-state index in [-0.39, 0.29) is 11.7 Å². The summed E-state index contributed by atoms with van der Waals surface area (Å²) in [6, 6.07) is 23.7. The molecule has 0 aliphatic rings. The van der Waals surface area contributed by atoms with Gasteiger partial charge in [0.25, 0.3) is 5.91 Å². The number of carbonyl (C=O) groups excluding carboxylic acids is 2. The summed E-state index contributed by atoms with van der Waals surface area (Å²) < 4.78 is 0. The number of hydrogen-bond donors (Lipinski definition) is 2. The number of ketones is 1. The number of nitrogens with one attached hydrogen (secondary N) is 2. The van der Waals surface area contributed by atoms with Crippen LogP contribution in [0.5, 0.6) is 0 Å². The van der Waals surface area contributed by atoms with Gasteiger partial charge in [-0.15, -0.1) is 0 Å².